The molecule has 4 aromatic rings. The highest BCUT2D eigenvalue weighted by molar-refractivity contribution is 9.10. The van der Waals surface area contributed by atoms with Gasteiger partial charge in [-0.2, -0.15) is 0 Å². The number of halogens is 2. The molecular weight excluding hydrogens is 540 g/mol. The third-order valence-corrected chi connectivity index (χ3v) is 8.68. The maximum Gasteiger partial charge on any atom is 0.271 e. The predicted octanol–water partition coefficient (Wildman–Crippen LogP) is 5.50. The Morgan fingerprint density at radius 3 is 2.85 bits per heavy atom. The van der Waals surface area contributed by atoms with Crippen molar-refractivity contribution in [2.75, 3.05) is 0 Å². The molecule has 1 aliphatic heterocycles. The molecule has 0 saturated heterocycles. The maximum absolute atomic E-state index is 13.7. The number of phenolic OH excluding ortho intramolecular Hbond substituents is 1. The maximum atomic E-state index is 13.7. The second kappa shape index (κ2) is 8.09. The average molecular weight is 556 g/mol. The van der Waals surface area contributed by atoms with Crippen LogP contribution in [-0.2, 0) is 6.42 Å². The van der Waals surface area contributed by atoms with E-state index in [9.17, 15) is 9.90 Å². The number of allylic oxidation sites excluding steroid dienone is 1. The number of rotatable bonds is 2. The fraction of sp³-hybridized carbons (Fsp3) is 0.120. The van der Waals surface area contributed by atoms with E-state index in [2.05, 4.69) is 40.2 Å². The number of aryl methyl sites for hydroxylation is 1. The minimum absolute atomic E-state index is 0.0475. The number of thiophene rings is 1. The number of aromatic hydroxyl groups is 1. The molecule has 6 rings (SSSR count). The van der Waals surface area contributed by atoms with Crippen LogP contribution in [0.15, 0.2) is 73.7 Å². The Hall–Kier alpha value is -2.45. The van der Waals surface area contributed by atoms with Crippen molar-refractivity contribution in [3.8, 4) is 5.75 Å². The molecule has 2 aromatic heterocycles. The Labute approximate surface area is 210 Å². The van der Waals surface area contributed by atoms with Gasteiger partial charge in [0.1, 0.15) is 5.75 Å². The number of aromatic nitrogens is 1. The molecule has 164 valence electrons. The van der Waals surface area contributed by atoms with Crippen molar-refractivity contribution >= 4 is 62.0 Å². The molecule has 0 saturated carbocycles. The van der Waals surface area contributed by atoms with Gasteiger partial charge >= 0.3 is 0 Å². The Bertz CT molecular complexity index is 1630. The Kier molecular flexibility index (Phi) is 5.18. The van der Waals surface area contributed by atoms with Gasteiger partial charge in [-0.05, 0) is 53.6 Å². The van der Waals surface area contributed by atoms with E-state index in [1.54, 1.807) is 29.5 Å². The topological polar surface area (TPSA) is 54.6 Å². The molecule has 3 heterocycles. The van der Waals surface area contributed by atoms with E-state index in [1.807, 2.05) is 22.1 Å². The van der Waals surface area contributed by atoms with E-state index in [1.165, 1.54) is 22.5 Å². The summed E-state index contributed by atoms with van der Waals surface area (Å²) in [6, 6.07) is 15.7. The van der Waals surface area contributed by atoms with Gasteiger partial charge < -0.3 is 5.11 Å². The highest BCUT2D eigenvalue weighted by atomic mass is 79.9. The van der Waals surface area contributed by atoms with Crippen molar-refractivity contribution < 1.29 is 5.11 Å². The molecule has 1 N–H and O–H groups in total. The minimum Gasteiger partial charge on any atom is -0.506 e. The van der Waals surface area contributed by atoms with Crippen LogP contribution < -0.4 is 14.9 Å². The first kappa shape index (κ1) is 21.1. The minimum atomic E-state index is -0.175. The first-order valence-corrected chi connectivity index (χ1v) is 13.2. The number of hydrogen-bond acceptors (Lipinski definition) is 5. The molecule has 4 nitrogen and oxygen atoms in total. The monoisotopic (exact) mass is 554 g/mol. The van der Waals surface area contributed by atoms with Gasteiger partial charge in [0.05, 0.1) is 21.3 Å². The third kappa shape index (κ3) is 3.46. The van der Waals surface area contributed by atoms with Gasteiger partial charge in [-0.15, -0.1) is 11.3 Å². The van der Waals surface area contributed by atoms with E-state index in [0.29, 0.717) is 14.9 Å². The summed E-state index contributed by atoms with van der Waals surface area (Å²) in [4.78, 5) is 20.5. The summed E-state index contributed by atoms with van der Waals surface area (Å²) >= 11 is 12.5. The standard InChI is InChI=1S/C25H16BrClN2O2S2/c26-15-10-14(23(30)18(27)12-15)11-20-24(31)29-22(19-6-3-9-32-19)17-8-7-13-4-1-2-5-16(13)21(17)28-25(29)33-20/h1-6,9-12,22,30H,7-8H2/b20-11-. The second-order valence-electron chi connectivity index (χ2n) is 7.95. The van der Waals surface area contributed by atoms with E-state index in [4.69, 9.17) is 16.6 Å². The summed E-state index contributed by atoms with van der Waals surface area (Å²) in [5.74, 6) is -0.0475. The molecule has 2 aliphatic rings. The first-order valence-electron chi connectivity index (χ1n) is 10.4. The third-order valence-electron chi connectivity index (χ3n) is 6.03. The number of thiazole rings is 1. The van der Waals surface area contributed by atoms with Crippen LogP contribution in [0.2, 0.25) is 5.02 Å². The smallest absolute Gasteiger partial charge is 0.271 e. The fourth-order valence-electron chi connectivity index (χ4n) is 4.56. The lowest BCUT2D eigenvalue weighted by Crippen LogP contribution is -2.38. The number of fused-ring (bicyclic) bond motifs is 3. The van der Waals surface area contributed by atoms with E-state index in [-0.39, 0.29) is 22.4 Å². The van der Waals surface area contributed by atoms with E-state index in [0.717, 1.165) is 33.5 Å². The van der Waals surface area contributed by atoms with E-state index >= 15 is 0 Å². The Balaban J connectivity index is 1.63. The zero-order valence-corrected chi connectivity index (χ0v) is 21.1. The normalized spacial score (nSPS) is 17.4. The van der Waals surface area contributed by atoms with E-state index < -0.39 is 0 Å². The zero-order chi connectivity index (χ0) is 22.7. The average Bonchev–Trinajstić information content (AvgIpc) is 3.44. The number of benzene rings is 2. The van der Waals surface area contributed by atoms with Crippen LogP contribution in [0, 0.1) is 0 Å². The van der Waals surface area contributed by atoms with Gasteiger partial charge in [-0.1, -0.05) is 69.2 Å². The lowest BCUT2D eigenvalue weighted by molar-refractivity contribution is 0.474. The van der Waals surface area contributed by atoms with Gasteiger partial charge in [0.15, 0.2) is 4.80 Å². The zero-order valence-electron chi connectivity index (χ0n) is 17.1. The van der Waals surface area contributed by atoms with Crippen molar-refractivity contribution in [3.05, 3.63) is 110 Å². The molecule has 0 radical (unpaired) electrons. The molecule has 1 atom stereocenters. The number of nitrogens with zero attached hydrogens (tertiary/aromatic N) is 2. The lowest BCUT2D eigenvalue weighted by atomic mass is 9.85. The Morgan fingerprint density at radius 2 is 2.03 bits per heavy atom. The van der Waals surface area contributed by atoms with Crippen molar-refractivity contribution in [2.45, 2.75) is 18.9 Å². The van der Waals surface area contributed by atoms with Crippen LogP contribution in [0.5, 0.6) is 5.75 Å². The summed E-state index contributed by atoms with van der Waals surface area (Å²) in [6.07, 6.45) is 3.49. The highest BCUT2D eigenvalue weighted by Crippen LogP contribution is 2.42. The number of phenols is 1. The summed E-state index contributed by atoms with van der Waals surface area (Å²) in [7, 11) is 0. The van der Waals surface area contributed by atoms with Crippen molar-refractivity contribution in [2.24, 2.45) is 4.99 Å². The molecule has 2 aromatic carbocycles. The molecule has 0 bridgehead atoms. The summed E-state index contributed by atoms with van der Waals surface area (Å²) < 4.78 is 3.05. The fourth-order valence-corrected chi connectivity index (χ4v) is 7.23. The van der Waals surface area contributed by atoms with Gasteiger partial charge in [0, 0.05) is 20.5 Å². The highest BCUT2D eigenvalue weighted by Gasteiger charge is 2.33. The summed E-state index contributed by atoms with van der Waals surface area (Å²) in [5.41, 5.74) is 4.98. The van der Waals surface area contributed by atoms with Crippen LogP contribution in [0.1, 0.15) is 34.0 Å². The van der Waals surface area contributed by atoms with Crippen molar-refractivity contribution in [1.82, 2.24) is 4.57 Å². The van der Waals surface area contributed by atoms with Crippen molar-refractivity contribution in [1.29, 1.82) is 0 Å². The molecule has 33 heavy (non-hydrogen) atoms. The van der Waals surface area contributed by atoms with Crippen LogP contribution in [0.3, 0.4) is 0 Å². The van der Waals surface area contributed by atoms with Crippen LogP contribution in [0.4, 0.5) is 0 Å². The molecule has 0 spiro atoms. The van der Waals surface area contributed by atoms with Crippen molar-refractivity contribution in [3.63, 3.8) is 0 Å². The molecule has 0 fully saturated rings. The molecule has 0 amide bonds. The molecule has 1 aliphatic carbocycles. The van der Waals surface area contributed by atoms with Gasteiger partial charge in [-0.3, -0.25) is 9.36 Å². The SMILES string of the molecule is O=c1/c(=C/c2cc(Br)cc(Cl)c2O)sc2n1C(c1cccs1)C1=C(N=2)c2ccccc2CC1. The summed E-state index contributed by atoms with van der Waals surface area (Å²) in [6.45, 7) is 0. The Morgan fingerprint density at radius 1 is 1.18 bits per heavy atom. The van der Waals surface area contributed by atoms with Crippen LogP contribution >= 0.6 is 50.2 Å². The summed E-state index contributed by atoms with van der Waals surface area (Å²) in [5, 5.41) is 12.7. The van der Waals surface area contributed by atoms with Gasteiger partial charge in [0.2, 0.25) is 0 Å². The largest absolute Gasteiger partial charge is 0.506 e. The lowest BCUT2D eigenvalue weighted by Gasteiger charge is -2.30. The van der Waals surface area contributed by atoms with Crippen LogP contribution in [0.25, 0.3) is 11.8 Å². The quantitative estimate of drug-likeness (QED) is 0.355. The van der Waals surface area contributed by atoms with Gasteiger partial charge in [0.25, 0.3) is 5.56 Å². The molecule has 1 unspecified atom stereocenters. The molecular formula is C25H16BrClN2O2S2. The molecule has 8 heteroatoms. The van der Waals surface area contributed by atoms with Crippen LogP contribution in [-0.4, -0.2) is 9.67 Å². The predicted molar refractivity (Wildman–Crippen MR) is 138 cm³/mol. The second-order valence-corrected chi connectivity index (χ2v) is 11.3. The number of hydrogen-bond donors (Lipinski definition) is 1. The first-order chi connectivity index (χ1) is 16.0. The van der Waals surface area contributed by atoms with Gasteiger partial charge in [-0.25, -0.2) is 4.99 Å².